The van der Waals surface area contributed by atoms with Gasteiger partial charge in [-0.15, -0.1) is 0 Å². The second-order valence-electron chi connectivity index (χ2n) is 6.42. The number of imide groups is 1. The van der Waals surface area contributed by atoms with Gasteiger partial charge < -0.3 is 4.57 Å². The van der Waals surface area contributed by atoms with E-state index in [4.69, 9.17) is 12.2 Å². The number of aryl methyl sites for hydroxylation is 1. The molecule has 9 heteroatoms. The van der Waals surface area contributed by atoms with Crippen molar-refractivity contribution in [2.75, 3.05) is 6.54 Å². The van der Waals surface area contributed by atoms with Crippen LogP contribution in [-0.2, 0) is 21.4 Å². The van der Waals surface area contributed by atoms with E-state index in [0.29, 0.717) is 4.80 Å². The molecule has 2 aromatic carbocycles. The molecule has 1 aliphatic heterocycles. The normalized spacial score (nSPS) is 15.0. The number of carbonyl (C=O) groups excluding carboxylic acids is 3. The first-order valence-electron chi connectivity index (χ1n) is 8.63. The Kier molecular flexibility index (Phi) is 4.78. The van der Waals surface area contributed by atoms with Crippen LogP contribution in [0.3, 0.4) is 0 Å². The van der Waals surface area contributed by atoms with Crippen LogP contribution in [0.4, 0.5) is 0 Å². The number of aromatic nitrogens is 1. The Labute approximate surface area is 169 Å². The van der Waals surface area contributed by atoms with Crippen molar-refractivity contribution in [3.05, 3.63) is 41.2 Å². The Bertz CT molecular complexity index is 1210. The van der Waals surface area contributed by atoms with E-state index in [1.807, 2.05) is 29.8 Å². The summed E-state index contributed by atoms with van der Waals surface area (Å²) in [7, 11) is 1.90. The van der Waals surface area contributed by atoms with Gasteiger partial charge in [-0.1, -0.05) is 41.7 Å². The maximum atomic E-state index is 12.1. The molecule has 142 valence electrons. The summed E-state index contributed by atoms with van der Waals surface area (Å²) in [5.74, 6) is -1.22. The lowest BCUT2D eigenvalue weighted by molar-refractivity contribution is -0.142. The standard InChI is InChI=1S/C19H16N4O3S2/c1-22-17-12-5-3-2-4-11(12)6-7-13(17)28-19(22)21-18(27)20-14(24)10-23-15(25)8-9-16(23)26/h2-7H,8-10H2,1H3,(H,20,24,27). The number of likely N-dealkylation sites (tertiary alicyclic amines) is 1. The summed E-state index contributed by atoms with van der Waals surface area (Å²) < 4.78 is 3.00. The van der Waals surface area contributed by atoms with Crippen LogP contribution in [0.15, 0.2) is 41.4 Å². The molecule has 0 spiro atoms. The van der Waals surface area contributed by atoms with Crippen molar-refractivity contribution in [2.45, 2.75) is 12.8 Å². The number of hydrogen-bond donors (Lipinski definition) is 1. The second-order valence-corrected chi connectivity index (χ2v) is 7.81. The van der Waals surface area contributed by atoms with E-state index < -0.39 is 5.91 Å². The summed E-state index contributed by atoms with van der Waals surface area (Å²) in [6, 6.07) is 12.2. The lowest BCUT2D eigenvalue weighted by atomic mass is 10.1. The average Bonchev–Trinajstić information content (AvgIpc) is 3.15. The summed E-state index contributed by atoms with van der Waals surface area (Å²) in [6.07, 6.45) is 0.291. The van der Waals surface area contributed by atoms with Crippen molar-refractivity contribution in [3.63, 3.8) is 0 Å². The largest absolute Gasteiger partial charge is 0.319 e. The number of thiazole rings is 1. The van der Waals surface area contributed by atoms with Gasteiger partial charge in [0.25, 0.3) is 0 Å². The molecule has 3 amide bonds. The predicted molar refractivity (Wildman–Crippen MR) is 111 cm³/mol. The van der Waals surface area contributed by atoms with Crippen LogP contribution in [0.1, 0.15) is 12.8 Å². The molecule has 2 heterocycles. The van der Waals surface area contributed by atoms with Gasteiger partial charge in [-0.2, -0.15) is 4.99 Å². The van der Waals surface area contributed by atoms with E-state index in [0.717, 1.165) is 25.9 Å². The van der Waals surface area contributed by atoms with Crippen LogP contribution in [0.5, 0.6) is 0 Å². The van der Waals surface area contributed by atoms with E-state index in [1.165, 1.54) is 11.3 Å². The minimum Gasteiger partial charge on any atom is -0.319 e. The van der Waals surface area contributed by atoms with Gasteiger partial charge in [-0.3, -0.25) is 24.6 Å². The van der Waals surface area contributed by atoms with Crippen LogP contribution in [0.25, 0.3) is 21.0 Å². The van der Waals surface area contributed by atoms with E-state index >= 15 is 0 Å². The SMILES string of the molecule is Cn1c(=NC(=S)NC(=O)CN2C(=O)CCC2=O)sc2ccc3ccccc3c21. The topological polar surface area (TPSA) is 83.8 Å². The number of amides is 3. The van der Waals surface area contributed by atoms with Crippen LogP contribution in [0.2, 0.25) is 0 Å². The van der Waals surface area contributed by atoms with Crippen molar-refractivity contribution in [1.29, 1.82) is 0 Å². The molecule has 28 heavy (non-hydrogen) atoms. The van der Waals surface area contributed by atoms with Crippen molar-refractivity contribution in [2.24, 2.45) is 12.0 Å². The quantitative estimate of drug-likeness (QED) is 0.514. The highest BCUT2D eigenvalue weighted by atomic mass is 32.1. The number of rotatable bonds is 2. The highest BCUT2D eigenvalue weighted by Crippen LogP contribution is 2.26. The van der Waals surface area contributed by atoms with Gasteiger partial charge in [-0.25, -0.2) is 0 Å². The third kappa shape index (κ3) is 3.34. The highest BCUT2D eigenvalue weighted by molar-refractivity contribution is 7.80. The van der Waals surface area contributed by atoms with Crippen molar-refractivity contribution in [1.82, 2.24) is 14.8 Å². The van der Waals surface area contributed by atoms with Gasteiger partial charge in [0.2, 0.25) is 22.8 Å². The minimum atomic E-state index is -0.536. The molecule has 0 bridgehead atoms. The molecule has 4 rings (SSSR count). The second kappa shape index (κ2) is 7.25. The van der Waals surface area contributed by atoms with Crippen molar-refractivity contribution < 1.29 is 14.4 Å². The number of thiocarbonyl (C=S) groups is 1. The molecule has 0 atom stereocenters. The smallest absolute Gasteiger partial charge is 0.246 e. The molecule has 1 N–H and O–H groups in total. The Balaban J connectivity index is 1.59. The maximum absolute atomic E-state index is 12.1. The molecule has 7 nitrogen and oxygen atoms in total. The summed E-state index contributed by atoms with van der Waals surface area (Å²) in [6.45, 7) is -0.337. The number of benzene rings is 2. The van der Waals surface area contributed by atoms with Crippen LogP contribution in [0, 0.1) is 0 Å². The summed E-state index contributed by atoms with van der Waals surface area (Å²) in [5.41, 5.74) is 1.05. The lowest BCUT2D eigenvalue weighted by Crippen LogP contribution is -2.41. The summed E-state index contributed by atoms with van der Waals surface area (Å²) in [4.78, 5) is 41.3. The van der Waals surface area contributed by atoms with Crippen molar-refractivity contribution in [3.8, 4) is 0 Å². The Hall–Kier alpha value is -2.91. The highest BCUT2D eigenvalue weighted by Gasteiger charge is 2.30. The third-order valence-electron chi connectivity index (χ3n) is 4.59. The molecule has 0 radical (unpaired) electrons. The number of hydrogen-bond acceptors (Lipinski definition) is 5. The fraction of sp³-hybridized carbons (Fsp3) is 0.211. The monoisotopic (exact) mass is 412 g/mol. The van der Waals surface area contributed by atoms with E-state index in [1.54, 1.807) is 0 Å². The molecule has 0 unspecified atom stereocenters. The zero-order valence-electron chi connectivity index (χ0n) is 15.0. The first kappa shape index (κ1) is 18.5. The Morgan fingerprint density at radius 3 is 2.64 bits per heavy atom. The fourth-order valence-electron chi connectivity index (χ4n) is 3.24. The van der Waals surface area contributed by atoms with Gasteiger partial charge in [0.1, 0.15) is 6.54 Å². The zero-order valence-corrected chi connectivity index (χ0v) is 16.6. The molecule has 1 aromatic heterocycles. The maximum Gasteiger partial charge on any atom is 0.246 e. The van der Waals surface area contributed by atoms with Gasteiger partial charge in [0, 0.05) is 25.3 Å². The number of fused-ring (bicyclic) bond motifs is 3. The van der Waals surface area contributed by atoms with Gasteiger partial charge in [-0.05, 0) is 23.7 Å². The molecule has 0 aliphatic carbocycles. The molecule has 1 aliphatic rings. The number of carbonyl (C=O) groups is 3. The Morgan fingerprint density at radius 1 is 1.18 bits per heavy atom. The predicted octanol–water partition coefficient (Wildman–Crippen LogP) is 1.84. The zero-order chi connectivity index (χ0) is 19.8. The average molecular weight is 412 g/mol. The molecule has 1 saturated heterocycles. The number of nitrogens with one attached hydrogen (secondary N) is 1. The van der Waals surface area contributed by atoms with Crippen LogP contribution >= 0.6 is 23.6 Å². The molecular weight excluding hydrogens is 396 g/mol. The fourth-order valence-corrected chi connectivity index (χ4v) is 4.54. The summed E-state index contributed by atoms with van der Waals surface area (Å²) in [5, 5.41) is 4.72. The Morgan fingerprint density at radius 2 is 1.89 bits per heavy atom. The van der Waals surface area contributed by atoms with E-state index in [2.05, 4.69) is 28.5 Å². The van der Waals surface area contributed by atoms with Gasteiger partial charge in [0.05, 0.1) is 10.2 Å². The third-order valence-corrected chi connectivity index (χ3v) is 5.88. The van der Waals surface area contributed by atoms with Crippen molar-refractivity contribution >= 4 is 67.4 Å². The first-order chi connectivity index (χ1) is 13.4. The van der Waals surface area contributed by atoms with Crippen LogP contribution < -0.4 is 10.1 Å². The first-order valence-corrected chi connectivity index (χ1v) is 9.85. The minimum absolute atomic E-state index is 0.00411. The van der Waals surface area contributed by atoms with E-state index in [9.17, 15) is 14.4 Å². The van der Waals surface area contributed by atoms with E-state index in [-0.39, 0.29) is 36.3 Å². The number of nitrogens with zero attached hydrogens (tertiary/aromatic N) is 3. The lowest BCUT2D eigenvalue weighted by Gasteiger charge is -2.12. The van der Waals surface area contributed by atoms with Gasteiger partial charge >= 0.3 is 0 Å². The summed E-state index contributed by atoms with van der Waals surface area (Å²) >= 11 is 6.65. The molecular formula is C19H16N4O3S2. The van der Waals surface area contributed by atoms with Crippen LogP contribution in [-0.4, -0.2) is 38.8 Å². The van der Waals surface area contributed by atoms with Gasteiger partial charge in [0.15, 0.2) is 4.80 Å². The molecule has 1 fully saturated rings. The molecule has 0 saturated carbocycles. The molecule has 3 aromatic rings.